The Morgan fingerprint density at radius 2 is 2.15 bits per heavy atom. The van der Waals surface area contributed by atoms with E-state index in [1.165, 1.54) is 0 Å². The highest BCUT2D eigenvalue weighted by Gasteiger charge is 2.24. The number of methoxy groups -OCH3 is 1. The Hall–Kier alpha value is -0.730. The molecule has 1 atom stereocenters. The van der Waals surface area contributed by atoms with E-state index in [1.807, 2.05) is 4.90 Å². The van der Waals surface area contributed by atoms with Gasteiger partial charge in [0.25, 0.3) is 0 Å². The Morgan fingerprint density at radius 1 is 1.45 bits per heavy atom. The van der Waals surface area contributed by atoms with Gasteiger partial charge in [-0.05, 0) is 25.9 Å². The summed E-state index contributed by atoms with van der Waals surface area (Å²) in [5.41, 5.74) is 5.29. The van der Waals surface area contributed by atoms with Crippen LogP contribution in [0.3, 0.4) is 0 Å². The monoisotopic (exact) mass is 289 g/mol. The number of nitrogens with zero attached hydrogens (tertiary/aromatic N) is 1. The standard InChI is InChI=1S/C13H27N3O4/c1-19-6-7-20-10-12(17)8-16(9-13(14)18)11-2-4-15-5-3-11/h11-12,15,17H,2-10H2,1H3,(H2,14,18). The lowest BCUT2D eigenvalue weighted by Crippen LogP contribution is -2.49. The predicted octanol–water partition coefficient (Wildman–Crippen LogP) is -1.45. The van der Waals surface area contributed by atoms with Gasteiger partial charge in [-0.15, -0.1) is 0 Å². The Labute approximate surface area is 120 Å². The summed E-state index contributed by atoms with van der Waals surface area (Å²) in [4.78, 5) is 13.1. The third-order valence-corrected chi connectivity index (χ3v) is 3.37. The summed E-state index contributed by atoms with van der Waals surface area (Å²) in [7, 11) is 1.60. The zero-order valence-corrected chi connectivity index (χ0v) is 12.2. The molecular weight excluding hydrogens is 262 g/mol. The van der Waals surface area contributed by atoms with Crippen molar-refractivity contribution in [2.24, 2.45) is 5.73 Å². The quantitative estimate of drug-likeness (QED) is 0.426. The molecule has 0 aromatic carbocycles. The number of carbonyl (C=O) groups is 1. The second-order valence-corrected chi connectivity index (χ2v) is 5.10. The van der Waals surface area contributed by atoms with E-state index in [9.17, 15) is 9.90 Å². The Balaban J connectivity index is 2.36. The fourth-order valence-corrected chi connectivity index (χ4v) is 2.40. The van der Waals surface area contributed by atoms with Crippen LogP contribution in [0, 0.1) is 0 Å². The molecule has 118 valence electrons. The molecule has 1 saturated heterocycles. The van der Waals surface area contributed by atoms with Crippen molar-refractivity contribution >= 4 is 5.91 Å². The van der Waals surface area contributed by atoms with Gasteiger partial charge in [-0.3, -0.25) is 9.69 Å². The fourth-order valence-electron chi connectivity index (χ4n) is 2.40. The number of hydrogen-bond acceptors (Lipinski definition) is 6. The molecule has 1 rings (SSSR count). The summed E-state index contributed by atoms with van der Waals surface area (Å²) in [6, 6.07) is 0.289. The second-order valence-electron chi connectivity index (χ2n) is 5.10. The van der Waals surface area contributed by atoms with Gasteiger partial charge in [0.1, 0.15) is 0 Å². The summed E-state index contributed by atoms with van der Waals surface area (Å²) < 4.78 is 10.2. The van der Waals surface area contributed by atoms with Gasteiger partial charge in [0.2, 0.25) is 5.91 Å². The maximum atomic E-state index is 11.2. The number of rotatable bonds is 10. The molecule has 0 spiro atoms. The molecule has 0 saturated carbocycles. The van der Waals surface area contributed by atoms with Crippen LogP contribution >= 0.6 is 0 Å². The summed E-state index contributed by atoms with van der Waals surface area (Å²) in [6.45, 7) is 3.65. The molecule has 1 heterocycles. The molecule has 1 aliphatic heterocycles. The first kappa shape index (κ1) is 17.3. The second kappa shape index (κ2) is 10.1. The van der Waals surface area contributed by atoms with Gasteiger partial charge in [0, 0.05) is 19.7 Å². The van der Waals surface area contributed by atoms with Gasteiger partial charge < -0.3 is 25.6 Å². The molecule has 1 aliphatic rings. The zero-order chi connectivity index (χ0) is 14.8. The highest BCUT2D eigenvalue weighted by atomic mass is 16.5. The van der Waals surface area contributed by atoms with E-state index in [-0.39, 0.29) is 25.1 Å². The van der Waals surface area contributed by atoms with Crippen molar-refractivity contribution < 1.29 is 19.4 Å². The van der Waals surface area contributed by atoms with Crippen LogP contribution in [0.1, 0.15) is 12.8 Å². The van der Waals surface area contributed by atoms with Gasteiger partial charge in [-0.2, -0.15) is 0 Å². The summed E-state index contributed by atoms with van der Waals surface area (Å²) in [6.07, 6.45) is 1.30. The maximum Gasteiger partial charge on any atom is 0.231 e. The highest BCUT2D eigenvalue weighted by Crippen LogP contribution is 2.12. The molecule has 0 aliphatic carbocycles. The zero-order valence-electron chi connectivity index (χ0n) is 12.2. The molecule has 0 bridgehead atoms. The van der Waals surface area contributed by atoms with E-state index < -0.39 is 6.10 Å². The number of ether oxygens (including phenoxy) is 2. The lowest BCUT2D eigenvalue weighted by molar-refractivity contribution is -0.120. The summed E-state index contributed by atoms with van der Waals surface area (Å²) in [5, 5.41) is 13.3. The van der Waals surface area contributed by atoms with Crippen molar-refractivity contribution in [1.29, 1.82) is 0 Å². The van der Waals surface area contributed by atoms with E-state index in [4.69, 9.17) is 15.2 Å². The van der Waals surface area contributed by atoms with Gasteiger partial charge in [0.15, 0.2) is 0 Å². The smallest absolute Gasteiger partial charge is 0.231 e. The van der Waals surface area contributed by atoms with Crippen molar-refractivity contribution in [2.75, 3.05) is 53.1 Å². The van der Waals surface area contributed by atoms with Crippen LogP contribution in [0.4, 0.5) is 0 Å². The first-order chi connectivity index (χ1) is 9.63. The molecule has 0 radical (unpaired) electrons. The number of carbonyl (C=O) groups excluding carboxylic acids is 1. The van der Waals surface area contributed by atoms with Crippen LogP contribution in [0.2, 0.25) is 0 Å². The topological polar surface area (TPSA) is 97.1 Å². The predicted molar refractivity (Wildman–Crippen MR) is 75.4 cm³/mol. The SMILES string of the molecule is COCCOCC(O)CN(CC(N)=O)C1CCNCC1. The minimum atomic E-state index is -0.624. The molecule has 20 heavy (non-hydrogen) atoms. The van der Waals surface area contributed by atoms with Gasteiger partial charge in [-0.1, -0.05) is 0 Å². The van der Waals surface area contributed by atoms with E-state index in [0.717, 1.165) is 25.9 Å². The number of piperidine rings is 1. The minimum Gasteiger partial charge on any atom is -0.389 e. The average molecular weight is 289 g/mol. The first-order valence-corrected chi connectivity index (χ1v) is 7.11. The maximum absolute atomic E-state index is 11.2. The van der Waals surface area contributed by atoms with Crippen LogP contribution in [0.5, 0.6) is 0 Å². The van der Waals surface area contributed by atoms with E-state index in [0.29, 0.717) is 19.8 Å². The Morgan fingerprint density at radius 3 is 2.75 bits per heavy atom. The highest BCUT2D eigenvalue weighted by molar-refractivity contribution is 5.75. The molecule has 4 N–H and O–H groups in total. The van der Waals surface area contributed by atoms with Crippen LogP contribution in [0.15, 0.2) is 0 Å². The normalized spacial score (nSPS) is 18.4. The van der Waals surface area contributed by atoms with Gasteiger partial charge in [-0.25, -0.2) is 0 Å². The first-order valence-electron chi connectivity index (χ1n) is 7.11. The summed E-state index contributed by atoms with van der Waals surface area (Å²) in [5.74, 6) is -0.365. The fraction of sp³-hybridized carbons (Fsp3) is 0.923. The molecule has 1 unspecified atom stereocenters. The molecule has 7 heteroatoms. The molecule has 0 aromatic heterocycles. The van der Waals surface area contributed by atoms with Crippen LogP contribution in [0.25, 0.3) is 0 Å². The van der Waals surface area contributed by atoms with E-state index in [2.05, 4.69) is 5.32 Å². The number of aliphatic hydroxyl groups excluding tert-OH is 1. The van der Waals surface area contributed by atoms with Crippen molar-refractivity contribution in [2.45, 2.75) is 25.0 Å². The van der Waals surface area contributed by atoms with Gasteiger partial charge >= 0.3 is 0 Å². The summed E-state index contributed by atoms with van der Waals surface area (Å²) >= 11 is 0. The molecule has 7 nitrogen and oxygen atoms in total. The molecule has 0 aromatic rings. The minimum absolute atomic E-state index is 0.180. The molecular formula is C13H27N3O4. The van der Waals surface area contributed by atoms with Gasteiger partial charge in [0.05, 0.1) is 32.5 Å². The van der Waals surface area contributed by atoms with Crippen molar-refractivity contribution in [3.63, 3.8) is 0 Å². The number of aliphatic hydroxyl groups is 1. The van der Waals surface area contributed by atoms with Crippen molar-refractivity contribution in [3.05, 3.63) is 0 Å². The largest absolute Gasteiger partial charge is 0.389 e. The number of amides is 1. The number of nitrogens with one attached hydrogen (secondary N) is 1. The van der Waals surface area contributed by atoms with Crippen LogP contribution in [-0.4, -0.2) is 81.2 Å². The Bertz CT molecular complexity index is 272. The van der Waals surface area contributed by atoms with Crippen molar-refractivity contribution in [1.82, 2.24) is 10.2 Å². The number of primary amides is 1. The lowest BCUT2D eigenvalue weighted by atomic mass is 10.0. The van der Waals surface area contributed by atoms with E-state index >= 15 is 0 Å². The molecule has 1 fully saturated rings. The average Bonchev–Trinajstić information content (AvgIpc) is 2.43. The lowest BCUT2D eigenvalue weighted by Gasteiger charge is -2.35. The number of nitrogens with two attached hydrogens (primary N) is 1. The van der Waals surface area contributed by atoms with Crippen molar-refractivity contribution in [3.8, 4) is 0 Å². The Kier molecular flexibility index (Phi) is 8.72. The van der Waals surface area contributed by atoms with Crippen LogP contribution in [-0.2, 0) is 14.3 Å². The third-order valence-electron chi connectivity index (χ3n) is 3.37. The number of hydrogen-bond donors (Lipinski definition) is 3. The third kappa shape index (κ3) is 7.16. The van der Waals surface area contributed by atoms with Crippen LogP contribution < -0.4 is 11.1 Å². The molecule has 1 amide bonds. The van der Waals surface area contributed by atoms with E-state index in [1.54, 1.807) is 7.11 Å².